The predicted octanol–water partition coefficient (Wildman–Crippen LogP) is 3.46. The maximum atomic E-state index is 12.9. The molecule has 1 N–H and O–H groups in total. The van der Waals surface area contributed by atoms with Crippen LogP contribution in [0.4, 0.5) is 4.39 Å². The number of hydrogen-bond donors (Lipinski definition) is 1. The molecule has 1 fully saturated rings. The standard InChI is InChI=1S/C16H22FNO2/c1-3-16(15(19)20)8-10-18(11-9-16)12(2)13-4-6-14(17)7-5-13/h4-7,12H,3,8-11H2,1-2H3,(H,19,20). The van der Waals surface area contributed by atoms with E-state index in [9.17, 15) is 14.3 Å². The van der Waals surface area contributed by atoms with Crippen LogP contribution in [-0.2, 0) is 4.79 Å². The van der Waals surface area contributed by atoms with Gasteiger partial charge in [0.15, 0.2) is 0 Å². The molecule has 1 aliphatic heterocycles. The highest BCUT2D eigenvalue weighted by atomic mass is 19.1. The van der Waals surface area contributed by atoms with E-state index in [4.69, 9.17) is 0 Å². The molecular weight excluding hydrogens is 257 g/mol. The third kappa shape index (κ3) is 2.85. The fourth-order valence-electron chi connectivity index (χ4n) is 3.01. The lowest BCUT2D eigenvalue weighted by Gasteiger charge is -2.41. The number of carbonyl (C=O) groups is 1. The number of nitrogens with zero attached hydrogens (tertiary/aromatic N) is 1. The maximum Gasteiger partial charge on any atom is 0.309 e. The van der Waals surface area contributed by atoms with Crippen LogP contribution >= 0.6 is 0 Å². The van der Waals surface area contributed by atoms with Crippen LogP contribution in [0.1, 0.15) is 44.7 Å². The van der Waals surface area contributed by atoms with Gasteiger partial charge in [0, 0.05) is 6.04 Å². The fraction of sp³-hybridized carbons (Fsp3) is 0.562. The van der Waals surface area contributed by atoms with Crippen molar-refractivity contribution in [3.8, 4) is 0 Å². The molecular formula is C16H22FNO2. The van der Waals surface area contributed by atoms with Crippen molar-refractivity contribution in [2.75, 3.05) is 13.1 Å². The second-order valence-electron chi connectivity index (χ2n) is 5.70. The number of hydrogen-bond acceptors (Lipinski definition) is 2. The molecule has 1 aliphatic rings. The van der Waals surface area contributed by atoms with Gasteiger partial charge < -0.3 is 5.11 Å². The normalized spacial score (nSPS) is 20.6. The van der Waals surface area contributed by atoms with E-state index >= 15 is 0 Å². The predicted molar refractivity (Wildman–Crippen MR) is 76.0 cm³/mol. The summed E-state index contributed by atoms with van der Waals surface area (Å²) in [5, 5.41) is 9.40. The van der Waals surface area contributed by atoms with Crippen LogP contribution in [0.5, 0.6) is 0 Å². The zero-order valence-corrected chi connectivity index (χ0v) is 12.1. The van der Waals surface area contributed by atoms with E-state index in [1.54, 1.807) is 12.1 Å². The molecule has 0 aliphatic carbocycles. The van der Waals surface area contributed by atoms with E-state index in [2.05, 4.69) is 11.8 Å². The summed E-state index contributed by atoms with van der Waals surface area (Å²) in [7, 11) is 0. The number of aliphatic carboxylic acids is 1. The Kier molecular flexibility index (Phi) is 4.43. The molecule has 1 unspecified atom stereocenters. The number of carboxylic acids is 1. The Morgan fingerprint density at radius 2 is 1.90 bits per heavy atom. The number of piperidine rings is 1. The molecule has 1 aromatic rings. The first-order chi connectivity index (χ1) is 9.48. The lowest BCUT2D eigenvalue weighted by Crippen LogP contribution is -2.44. The van der Waals surface area contributed by atoms with Crippen LogP contribution < -0.4 is 0 Å². The van der Waals surface area contributed by atoms with Crippen LogP contribution in [0.15, 0.2) is 24.3 Å². The van der Waals surface area contributed by atoms with Crippen molar-refractivity contribution in [2.45, 2.75) is 39.2 Å². The third-order valence-corrected chi connectivity index (χ3v) is 4.79. The minimum absolute atomic E-state index is 0.194. The SMILES string of the molecule is CCC1(C(=O)O)CCN(C(C)c2ccc(F)cc2)CC1. The maximum absolute atomic E-state index is 12.9. The van der Waals surface area contributed by atoms with Crippen molar-refractivity contribution in [3.05, 3.63) is 35.6 Å². The highest BCUT2D eigenvalue weighted by Gasteiger charge is 2.40. The summed E-state index contributed by atoms with van der Waals surface area (Å²) in [5.41, 5.74) is 0.518. The summed E-state index contributed by atoms with van der Waals surface area (Å²) < 4.78 is 12.9. The van der Waals surface area contributed by atoms with E-state index < -0.39 is 11.4 Å². The lowest BCUT2D eigenvalue weighted by atomic mass is 9.76. The van der Waals surface area contributed by atoms with Gasteiger partial charge >= 0.3 is 5.97 Å². The molecule has 1 heterocycles. The zero-order chi connectivity index (χ0) is 14.8. The molecule has 0 aromatic heterocycles. The second-order valence-corrected chi connectivity index (χ2v) is 5.70. The van der Waals surface area contributed by atoms with Gasteiger partial charge in [-0.15, -0.1) is 0 Å². The van der Waals surface area contributed by atoms with Crippen LogP contribution in [0.3, 0.4) is 0 Å². The molecule has 0 saturated carbocycles. The van der Waals surface area contributed by atoms with Crippen LogP contribution in [-0.4, -0.2) is 29.1 Å². The van der Waals surface area contributed by atoms with E-state index in [1.165, 1.54) is 12.1 Å². The fourth-order valence-corrected chi connectivity index (χ4v) is 3.01. The van der Waals surface area contributed by atoms with Crippen LogP contribution in [0.2, 0.25) is 0 Å². The van der Waals surface area contributed by atoms with E-state index in [0.717, 1.165) is 18.7 Å². The number of likely N-dealkylation sites (tertiary alicyclic amines) is 1. The summed E-state index contributed by atoms with van der Waals surface area (Å²) in [6.07, 6.45) is 2.05. The summed E-state index contributed by atoms with van der Waals surface area (Å²) in [6.45, 7) is 5.59. The van der Waals surface area contributed by atoms with Gasteiger partial charge in [-0.05, 0) is 57.0 Å². The summed E-state index contributed by atoms with van der Waals surface area (Å²) in [4.78, 5) is 13.7. The Labute approximate surface area is 119 Å². The van der Waals surface area contributed by atoms with Crippen molar-refractivity contribution in [2.24, 2.45) is 5.41 Å². The highest BCUT2D eigenvalue weighted by Crippen LogP contribution is 2.37. The van der Waals surface area contributed by atoms with Crippen molar-refractivity contribution < 1.29 is 14.3 Å². The summed E-state index contributed by atoms with van der Waals surface area (Å²) in [6, 6.07) is 6.75. The Balaban J connectivity index is 2.03. The minimum Gasteiger partial charge on any atom is -0.481 e. The third-order valence-electron chi connectivity index (χ3n) is 4.79. The van der Waals surface area contributed by atoms with E-state index in [1.807, 2.05) is 6.92 Å². The largest absolute Gasteiger partial charge is 0.481 e. The molecule has 1 aromatic carbocycles. The van der Waals surface area contributed by atoms with E-state index in [0.29, 0.717) is 19.3 Å². The molecule has 110 valence electrons. The molecule has 2 rings (SSSR count). The van der Waals surface area contributed by atoms with Crippen LogP contribution in [0, 0.1) is 11.2 Å². The zero-order valence-electron chi connectivity index (χ0n) is 12.1. The summed E-state index contributed by atoms with van der Waals surface area (Å²) >= 11 is 0. The molecule has 3 nitrogen and oxygen atoms in total. The molecule has 20 heavy (non-hydrogen) atoms. The van der Waals surface area contributed by atoms with Gasteiger partial charge in [0.25, 0.3) is 0 Å². The van der Waals surface area contributed by atoms with Crippen molar-refractivity contribution in [1.82, 2.24) is 4.90 Å². The number of rotatable bonds is 4. The van der Waals surface area contributed by atoms with Gasteiger partial charge in [-0.3, -0.25) is 9.69 Å². The molecule has 1 saturated heterocycles. The van der Waals surface area contributed by atoms with Gasteiger partial charge in [0.2, 0.25) is 0 Å². The van der Waals surface area contributed by atoms with Gasteiger partial charge in [-0.25, -0.2) is 4.39 Å². The minimum atomic E-state index is -0.672. The van der Waals surface area contributed by atoms with Crippen molar-refractivity contribution in [1.29, 1.82) is 0 Å². The summed E-state index contributed by atoms with van der Waals surface area (Å²) in [5.74, 6) is -0.899. The number of carboxylic acid groups (broad SMARTS) is 1. The van der Waals surface area contributed by atoms with E-state index in [-0.39, 0.29) is 11.9 Å². The second kappa shape index (κ2) is 5.92. The van der Waals surface area contributed by atoms with Gasteiger partial charge in [0.1, 0.15) is 5.82 Å². The topological polar surface area (TPSA) is 40.5 Å². The molecule has 0 spiro atoms. The quantitative estimate of drug-likeness (QED) is 0.917. The average molecular weight is 279 g/mol. The van der Waals surface area contributed by atoms with Crippen molar-refractivity contribution >= 4 is 5.97 Å². The van der Waals surface area contributed by atoms with Crippen molar-refractivity contribution in [3.63, 3.8) is 0 Å². The number of halogens is 1. The lowest BCUT2D eigenvalue weighted by molar-refractivity contribution is -0.152. The van der Waals surface area contributed by atoms with Gasteiger partial charge in [0.05, 0.1) is 5.41 Å². The monoisotopic (exact) mass is 279 g/mol. The Morgan fingerprint density at radius 1 is 1.35 bits per heavy atom. The van der Waals surface area contributed by atoms with Gasteiger partial charge in [-0.2, -0.15) is 0 Å². The first-order valence-corrected chi connectivity index (χ1v) is 7.21. The molecule has 4 heteroatoms. The Morgan fingerprint density at radius 3 is 2.35 bits per heavy atom. The Bertz CT molecular complexity index is 464. The number of benzene rings is 1. The molecule has 1 atom stereocenters. The van der Waals surface area contributed by atoms with Crippen LogP contribution in [0.25, 0.3) is 0 Å². The molecule has 0 amide bonds. The highest BCUT2D eigenvalue weighted by molar-refractivity contribution is 5.74. The first-order valence-electron chi connectivity index (χ1n) is 7.21. The van der Waals surface area contributed by atoms with Gasteiger partial charge in [-0.1, -0.05) is 19.1 Å². The molecule has 0 bridgehead atoms. The molecule has 0 radical (unpaired) electrons. The smallest absolute Gasteiger partial charge is 0.309 e. The average Bonchev–Trinajstić information content (AvgIpc) is 2.47. The first kappa shape index (κ1) is 15.0. The Hall–Kier alpha value is -1.42.